The first-order chi connectivity index (χ1) is 19.8. The van der Waals surface area contributed by atoms with E-state index in [0.717, 1.165) is 35.7 Å². The molecule has 1 aliphatic carbocycles. The van der Waals surface area contributed by atoms with E-state index in [4.69, 9.17) is 14.5 Å². The van der Waals surface area contributed by atoms with Gasteiger partial charge in [0.05, 0.1) is 33.1 Å². The van der Waals surface area contributed by atoms with Crippen LogP contribution in [0.4, 0.5) is 5.69 Å². The van der Waals surface area contributed by atoms with Crippen molar-refractivity contribution in [2.24, 2.45) is 5.10 Å². The quantitative estimate of drug-likeness (QED) is 0.101. The van der Waals surface area contributed by atoms with E-state index in [1.54, 1.807) is 30.5 Å². The Morgan fingerprint density at radius 3 is 2.54 bits per heavy atom. The number of hydrogen-bond donors (Lipinski definition) is 0. The number of non-ortho nitro benzene ring substituents is 1. The Hall–Kier alpha value is -3.57. The second-order valence-electron chi connectivity index (χ2n) is 9.80. The maximum atomic E-state index is 13.6. The van der Waals surface area contributed by atoms with Crippen LogP contribution in [0.5, 0.6) is 11.5 Å². The van der Waals surface area contributed by atoms with Crippen molar-refractivity contribution < 1.29 is 14.4 Å². The number of ether oxygens (including phenoxy) is 2. The number of nitro groups is 1. The molecule has 4 aromatic rings. The number of rotatable bonds is 9. The molecule has 1 heterocycles. The minimum atomic E-state index is -0.437. The first kappa shape index (κ1) is 28.9. The van der Waals surface area contributed by atoms with E-state index in [1.165, 1.54) is 23.2 Å². The Bertz CT molecular complexity index is 1660. The highest BCUT2D eigenvalue weighted by atomic mass is 79.9. The summed E-state index contributed by atoms with van der Waals surface area (Å²) in [5.74, 6) is 1.86. The summed E-state index contributed by atoms with van der Waals surface area (Å²) in [5.41, 5.74) is 1.97. The zero-order valence-electron chi connectivity index (χ0n) is 22.4. The molecule has 11 heteroatoms. The summed E-state index contributed by atoms with van der Waals surface area (Å²) in [5, 5.41) is 16.1. The van der Waals surface area contributed by atoms with Crippen molar-refractivity contribution in [3.8, 4) is 11.5 Å². The van der Waals surface area contributed by atoms with Crippen LogP contribution in [0.1, 0.15) is 61.9 Å². The molecule has 0 aliphatic heterocycles. The lowest BCUT2D eigenvalue weighted by Gasteiger charge is -2.22. The van der Waals surface area contributed by atoms with Crippen LogP contribution >= 0.6 is 31.9 Å². The van der Waals surface area contributed by atoms with E-state index in [-0.39, 0.29) is 23.8 Å². The van der Waals surface area contributed by atoms with Gasteiger partial charge in [0.2, 0.25) is 0 Å². The highest BCUT2D eigenvalue weighted by Crippen LogP contribution is 2.37. The van der Waals surface area contributed by atoms with Gasteiger partial charge < -0.3 is 9.47 Å². The number of nitro benzene ring substituents is 1. The fourth-order valence-corrected chi connectivity index (χ4v) is 5.90. The second-order valence-corrected chi connectivity index (χ2v) is 11.6. The number of nitrogens with zero attached hydrogens (tertiary/aromatic N) is 4. The molecule has 1 saturated carbocycles. The molecular formula is C30H28Br2N4O5. The lowest BCUT2D eigenvalue weighted by molar-refractivity contribution is -0.384. The number of aromatic nitrogens is 2. The van der Waals surface area contributed by atoms with Crippen LogP contribution in [0, 0.1) is 10.1 Å². The lowest BCUT2D eigenvalue weighted by atomic mass is 9.88. The number of hydrogen-bond acceptors (Lipinski definition) is 7. The zero-order chi connectivity index (χ0) is 28.9. The molecule has 0 atom stereocenters. The summed E-state index contributed by atoms with van der Waals surface area (Å²) in [6, 6.07) is 15.4. The molecule has 1 aliphatic rings. The molecule has 0 unspecified atom stereocenters. The zero-order valence-corrected chi connectivity index (χ0v) is 25.6. The van der Waals surface area contributed by atoms with Gasteiger partial charge >= 0.3 is 0 Å². The van der Waals surface area contributed by atoms with Crippen LogP contribution in [0.2, 0.25) is 0 Å². The van der Waals surface area contributed by atoms with Gasteiger partial charge in [-0.1, -0.05) is 35.2 Å². The molecule has 3 aromatic carbocycles. The monoisotopic (exact) mass is 682 g/mol. The molecule has 0 radical (unpaired) electrons. The van der Waals surface area contributed by atoms with Gasteiger partial charge in [0.25, 0.3) is 11.2 Å². The molecule has 0 saturated heterocycles. The van der Waals surface area contributed by atoms with Crippen LogP contribution in [0.3, 0.4) is 0 Å². The van der Waals surface area contributed by atoms with Gasteiger partial charge in [0.1, 0.15) is 12.4 Å². The second kappa shape index (κ2) is 12.9. The summed E-state index contributed by atoms with van der Waals surface area (Å²) >= 11 is 7.05. The van der Waals surface area contributed by atoms with Crippen LogP contribution in [-0.4, -0.2) is 27.4 Å². The van der Waals surface area contributed by atoms with Crippen molar-refractivity contribution in [3.05, 3.63) is 101 Å². The van der Waals surface area contributed by atoms with Crippen LogP contribution in [-0.2, 0) is 6.61 Å². The summed E-state index contributed by atoms with van der Waals surface area (Å²) in [6.07, 6.45) is 6.99. The Kier molecular flexibility index (Phi) is 9.14. The van der Waals surface area contributed by atoms with Crippen LogP contribution < -0.4 is 15.0 Å². The maximum Gasteiger partial charge on any atom is 0.282 e. The van der Waals surface area contributed by atoms with Crippen molar-refractivity contribution in [1.82, 2.24) is 9.66 Å². The van der Waals surface area contributed by atoms with Gasteiger partial charge in [-0.15, -0.1) is 0 Å². The smallest absolute Gasteiger partial charge is 0.282 e. The van der Waals surface area contributed by atoms with E-state index in [9.17, 15) is 14.9 Å². The molecule has 5 rings (SSSR count). The van der Waals surface area contributed by atoms with Crippen molar-refractivity contribution in [3.63, 3.8) is 0 Å². The van der Waals surface area contributed by atoms with Gasteiger partial charge in [0, 0.05) is 22.5 Å². The van der Waals surface area contributed by atoms with Gasteiger partial charge in [0.15, 0.2) is 11.5 Å². The van der Waals surface area contributed by atoms with Gasteiger partial charge in [-0.2, -0.15) is 9.78 Å². The molecule has 41 heavy (non-hydrogen) atoms. The molecule has 0 amide bonds. The van der Waals surface area contributed by atoms with Gasteiger partial charge in [-0.3, -0.25) is 14.9 Å². The average Bonchev–Trinajstić information content (AvgIpc) is 2.97. The van der Waals surface area contributed by atoms with Gasteiger partial charge in [-0.25, -0.2) is 4.98 Å². The van der Waals surface area contributed by atoms with E-state index in [0.29, 0.717) is 44.9 Å². The van der Waals surface area contributed by atoms with Gasteiger partial charge in [-0.05, 0) is 89.3 Å². The fourth-order valence-electron chi connectivity index (χ4n) is 4.96. The number of benzene rings is 3. The average molecular weight is 684 g/mol. The van der Waals surface area contributed by atoms with E-state index in [1.807, 2.05) is 25.1 Å². The molecule has 0 N–H and O–H groups in total. The van der Waals surface area contributed by atoms with E-state index in [2.05, 4.69) is 37.0 Å². The Labute approximate surface area is 253 Å². The molecule has 0 bridgehead atoms. The third kappa shape index (κ3) is 6.68. The SMILES string of the molecule is CCOc1cc(C=Nn2c(C3CCCCC3)nc3ccc(Br)cc3c2=O)cc(Br)c1OCc1ccc([N+](=O)[O-])cc1. The largest absolute Gasteiger partial charge is 0.490 e. The molecule has 212 valence electrons. The molecule has 0 spiro atoms. The highest BCUT2D eigenvalue weighted by molar-refractivity contribution is 9.10. The molecule has 1 aromatic heterocycles. The Balaban J connectivity index is 1.47. The topological polar surface area (TPSA) is 109 Å². The normalized spacial score (nSPS) is 14.0. The third-order valence-corrected chi connectivity index (χ3v) is 8.07. The summed E-state index contributed by atoms with van der Waals surface area (Å²) in [7, 11) is 0. The number of halogens is 2. The molecule has 1 fully saturated rings. The van der Waals surface area contributed by atoms with Crippen molar-refractivity contribution in [2.75, 3.05) is 6.61 Å². The van der Waals surface area contributed by atoms with Crippen molar-refractivity contribution in [1.29, 1.82) is 0 Å². The van der Waals surface area contributed by atoms with Crippen molar-refractivity contribution in [2.45, 2.75) is 51.6 Å². The predicted molar refractivity (Wildman–Crippen MR) is 165 cm³/mol. The predicted octanol–water partition coefficient (Wildman–Crippen LogP) is 7.74. The highest BCUT2D eigenvalue weighted by Gasteiger charge is 2.23. The van der Waals surface area contributed by atoms with Crippen LogP contribution in [0.25, 0.3) is 10.9 Å². The molecule has 9 nitrogen and oxygen atoms in total. The van der Waals surface area contributed by atoms with Crippen LogP contribution in [0.15, 0.2) is 73.4 Å². The number of fused-ring (bicyclic) bond motifs is 1. The first-order valence-electron chi connectivity index (χ1n) is 13.4. The van der Waals surface area contributed by atoms with E-state index < -0.39 is 4.92 Å². The maximum absolute atomic E-state index is 13.6. The summed E-state index contributed by atoms with van der Waals surface area (Å²) < 4.78 is 14.8. The third-order valence-electron chi connectivity index (χ3n) is 6.99. The fraction of sp³-hybridized carbons (Fsp3) is 0.300. The molecular weight excluding hydrogens is 656 g/mol. The first-order valence-corrected chi connectivity index (χ1v) is 15.0. The Morgan fingerprint density at radius 2 is 1.83 bits per heavy atom. The summed E-state index contributed by atoms with van der Waals surface area (Å²) in [6.45, 7) is 2.49. The van der Waals surface area contributed by atoms with Crippen molar-refractivity contribution >= 4 is 54.7 Å². The minimum absolute atomic E-state index is 0.0218. The summed E-state index contributed by atoms with van der Waals surface area (Å²) in [4.78, 5) is 29.0. The van der Waals surface area contributed by atoms with E-state index >= 15 is 0 Å². The lowest BCUT2D eigenvalue weighted by Crippen LogP contribution is -2.25. The Morgan fingerprint density at radius 1 is 1.07 bits per heavy atom. The minimum Gasteiger partial charge on any atom is -0.490 e. The standard InChI is InChI=1S/C30H28Br2N4O5/c1-2-40-27-15-20(14-25(32)28(27)41-18-19-8-11-23(12-9-19)36(38)39)17-33-35-29(21-6-4-3-5-7-21)34-26-13-10-22(31)16-24(26)30(35)37/h8-17,21H,2-7,18H2,1H3.